The lowest BCUT2D eigenvalue weighted by atomic mass is 9.94. The zero-order chi connectivity index (χ0) is 13.0. The van der Waals surface area contributed by atoms with Crippen LogP contribution >= 0.6 is 0 Å². The molecule has 2 N–H and O–H groups in total. The van der Waals surface area contributed by atoms with Gasteiger partial charge in [0.05, 0.1) is 0 Å². The number of hydrogen-bond acceptors (Lipinski definition) is 3. The SMILES string of the molecule is CC1CCC(C)N(CC(NC(C)C)C(=O)O)C1. The molecule has 1 fully saturated rings. The van der Waals surface area contributed by atoms with Gasteiger partial charge >= 0.3 is 5.97 Å². The van der Waals surface area contributed by atoms with Gasteiger partial charge in [0.2, 0.25) is 0 Å². The number of nitrogens with zero attached hydrogens (tertiary/aromatic N) is 1. The molecule has 100 valence electrons. The fourth-order valence-corrected chi connectivity index (χ4v) is 2.47. The van der Waals surface area contributed by atoms with Crippen molar-refractivity contribution >= 4 is 5.97 Å². The second kappa shape index (κ2) is 6.36. The van der Waals surface area contributed by atoms with E-state index in [1.807, 2.05) is 13.8 Å². The van der Waals surface area contributed by atoms with E-state index >= 15 is 0 Å². The van der Waals surface area contributed by atoms with Crippen molar-refractivity contribution in [2.75, 3.05) is 13.1 Å². The Morgan fingerprint density at radius 1 is 1.41 bits per heavy atom. The highest BCUT2D eigenvalue weighted by molar-refractivity contribution is 5.73. The highest BCUT2D eigenvalue weighted by Gasteiger charge is 2.28. The smallest absolute Gasteiger partial charge is 0.322 e. The Labute approximate surface area is 104 Å². The van der Waals surface area contributed by atoms with Crippen LogP contribution in [0.25, 0.3) is 0 Å². The predicted octanol–water partition coefficient (Wildman–Crippen LogP) is 1.56. The molecule has 1 aliphatic rings. The maximum atomic E-state index is 11.2. The number of piperidine rings is 1. The van der Waals surface area contributed by atoms with Gasteiger partial charge in [0.15, 0.2) is 0 Å². The Bertz CT molecular complexity index is 256. The van der Waals surface area contributed by atoms with Crippen LogP contribution in [-0.4, -0.2) is 47.2 Å². The van der Waals surface area contributed by atoms with Gasteiger partial charge in [-0.05, 0) is 25.7 Å². The molecule has 0 aromatic rings. The zero-order valence-electron chi connectivity index (χ0n) is 11.4. The predicted molar refractivity (Wildman–Crippen MR) is 69.1 cm³/mol. The van der Waals surface area contributed by atoms with Gasteiger partial charge in [-0.1, -0.05) is 20.8 Å². The van der Waals surface area contributed by atoms with Gasteiger partial charge in [-0.15, -0.1) is 0 Å². The molecule has 1 rings (SSSR count). The molecule has 0 amide bonds. The monoisotopic (exact) mass is 242 g/mol. The summed E-state index contributed by atoms with van der Waals surface area (Å²) in [7, 11) is 0. The lowest BCUT2D eigenvalue weighted by Gasteiger charge is -2.38. The quantitative estimate of drug-likeness (QED) is 0.768. The summed E-state index contributed by atoms with van der Waals surface area (Å²) >= 11 is 0. The molecule has 0 aliphatic carbocycles. The van der Waals surface area contributed by atoms with Crippen molar-refractivity contribution in [3.05, 3.63) is 0 Å². The number of likely N-dealkylation sites (tertiary alicyclic amines) is 1. The molecule has 0 spiro atoms. The van der Waals surface area contributed by atoms with Crippen LogP contribution < -0.4 is 5.32 Å². The molecule has 1 saturated heterocycles. The number of carboxylic acid groups (broad SMARTS) is 1. The summed E-state index contributed by atoms with van der Waals surface area (Å²) in [5.41, 5.74) is 0. The molecule has 3 atom stereocenters. The van der Waals surface area contributed by atoms with Crippen molar-refractivity contribution in [3.63, 3.8) is 0 Å². The maximum absolute atomic E-state index is 11.2. The fourth-order valence-electron chi connectivity index (χ4n) is 2.47. The highest BCUT2D eigenvalue weighted by Crippen LogP contribution is 2.21. The third-order valence-corrected chi connectivity index (χ3v) is 3.50. The van der Waals surface area contributed by atoms with Gasteiger partial charge in [0, 0.05) is 25.2 Å². The molecule has 0 saturated carbocycles. The van der Waals surface area contributed by atoms with E-state index < -0.39 is 12.0 Å². The molecular weight excluding hydrogens is 216 g/mol. The highest BCUT2D eigenvalue weighted by atomic mass is 16.4. The minimum Gasteiger partial charge on any atom is -0.480 e. The first kappa shape index (κ1) is 14.5. The number of carbonyl (C=O) groups is 1. The maximum Gasteiger partial charge on any atom is 0.322 e. The summed E-state index contributed by atoms with van der Waals surface area (Å²) in [5.74, 6) is -0.0659. The van der Waals surface area contributed by atoms with Crippen molar-refractivity contribution in [2.45, 2.75) is 58.7 Å². The second-order valence-corrected chi connectivity index (χ2v) is 5.70. The molecule has 0 bridgehead atoms. The standard InChI is InChI=1S/C13H26N2O2/c1-9(2)14-12(13(16)17)8-15-7-10(3)5-6-11(15)4/h9-12,14H,5-8H2,1-4H3,(H,16,17). The Hall–Kier alpha value is -0.610. The zero-order valence-corrected chi connectivity index (χ0v) is 11.4. The Morgan fingerprint density at radius 3 is 2.59 bits per heavy atom. The third kappa shape index (κ3) is 4.64. The van der Waals surface area contributed by atoms with E-state index in [4.69, 9.17) is 0 Å². The minimum atomic E-state index is -0.746. The average Bonchev–Trinajstić information content (AvgIpc) is 2.21. The summed E-state index contributed by atoms with van der Waals surface area (Å²) in [6.07, 6.45) is 2.43. The molecule has 4 nitrogen and oxygen atoms in total. The first-order chi connectivity index (χ1) is 7.90. The number of nitrogens with one attached hydrogen (secondary N) is 1. The summed E-state index contributed by atoms with van der Waals surface area (Å²) in [6, 6.07) is 0.249. The largest absolute Gasteiger partial charge is 0.480 e. The number of hydrogen-bond donors (Lipinski definition) is 2. The van der Waals surface area contributed by atoms with Gasteiger partial charge in [-0.2, -0.15) is 0 Å². The molecule has 1 heterocycles. The van der Waals surface area contributed by atoms with Crippen molar-refractivity contribution in [3.8, 4) is 0 Å². The molecular formula is C13H26N2O2. The lowest BCUT2D eigenvalue weighted by molar-refractivity contribution is -0.140. The first-order valence-corrected chi connectivity index (χ1v) is 6.63. The van der Waals surface area contributed by atoms with Gasteiger partial charge in [0.1, 0.15) is 6.04 Å². The molecule has 0 aromatic carbocycles. The second-order valence-electron chi connectivity index (χ2n) is 5.70. The summed E-state index contributed by atoms with van der Waals surface area (Å²) in [6.45, 7) is 10.0. The van der Waals surface area contributed by atoms with Crippen molar-refractivity contribution in [1.82, 2.24) is 10.2 Å². The Morgan fingerprint density at radius 2 is 2.06 bits per heavy atom. The Balaban J connectivity index is 2.55. The summed E-state index contributed by atoms with van der Waals surface area (Å²) < 4.78 is 0. The van der Waals surface area contributed by atoms with Crippen LogP contribution in [0, 0.1) is 5.92 Å². The van der Waals surface area contributed by atoms with E-state index in [2.05, 4.69) is 24.1 Å². The molecule has 0 aromatic heterocycles. The summed E-state index contributed by atoms with van der Waals surface area (Å²) in [4.78, 5) is 13.5. The number of carboxylic acids is 1. The van der Waals surface area contributed by atoms with Crippen LogP contribution in [0.1, 0.15) is 40.5 Å². The van der Waals surface area contributed by atoms with Crippen LogP contribution in [0.2, 0.25) is 0 Å². The van der Waals surface area contributed by atoms with Crippen LogP contribution in [0.15, 0.2) is 0 Å². The van der Waals surface area contributed by atoms with Crippen LogP contribution in [0.3, 0.4) is 0 Å². The molecule has 3 unspecified atom stereocenters. The summed E-state index contributed by atoms with van der Waals surface area (Å²) in [5, 5.41) is 12.3. The van der Waals surface area contributed by atoms with Crippen molar-refractivity contribution in [2.24, 2.45) is 5.92 Å². The molecule has 17 heavy (non-hydrogen) atoms. The van der Waals surface area contributed by atoms with E-state index in [0.717, 1.165) is 6.54 Å². The normalized spacial score (nSPS) is 28.3. The molecule has 4 heteroatoms. The molecule has 0 radical (unpaired) electrons. The van der Waals surface area contributed by atoms with E-state index in [0.29, 0.717) is 18.5 Å². The van der Waals surface area contributed by atoms with E-state index in [1.54, 1.807) is 0 Å². The Kier molecular flexibility index (Phi) is 5.40. The average molecular weight is 242 g/mol. The third-order valence-electron chi connectivity index (χ3n) is 3.50. The fraction of sp³-hybridized carbons (Fsp3) is 0.923. The van der Waals surface area contributed by atoms with Crippen LogP contribution in [0.4, 0.5) is 0 Å². The van der Waals surface area contributed by atoms with Crippen molar-refractivity contribution < 1.29 is 9.90 Å². The van der Waals surface area contributed by atoms with E-state index in [-0.39, 0.29) is 6.04 Å². The minimum absolute atomic E-state index is 0.202. The topological polar surface area (TPSA) is 52.6 Å². The van der Waals surface area contributed by atoms with Gasteiger partial charge in [0.25, 0.3) is 0 Å². The first-order valence-electron chi connectivity index (χ1n) is 6.63. The lowest BCUT2D eigenvalue weighted by Crippen LogP contribution is -2.52. The van der Waals surface area contributed by atoms with Gasteiger partial charge < -0.3 is 10.4 Å². The molecule has 1 aliphatic heterocycles. The van der Waals surface area contributed by atoms with Crippen LogP contribution in [-0.2, 0) is 4.79 Å². The van der Waals surface area contributed by atoms with Gasteiger partial charge in [-0.25, -0.2) is 0 Å². The van der Waals surface area contributed by atoms with Crippen molar-refractivity contribution in [1.29, 1.82) is 0 Å². The van der Waals surface area contributed by atoms with Crippen LogP contribution in [0.5, 0.6) is 0 Å². The van der Waals surface area contributed by atoms with E-state index in [1.165, 1.54) is 12.8 Å². The number of rotatable bonds is 5. The van der Waals surface area contributed by atoms with Gasteiger partial charge in [-0.3, -0.25) is 9.69 Å². The number of aliphatic carboxylic acids is 1. The van der Waals surface area contributed by atoms with E-state index in [9.17, 15) is 9.90 Å².